The summed E-state index contributed by atoms with van der Waals surface area (Å²) in [7, 11) is 0. The lowest BCUT2D eigenvalue weighted by Crippen LogP contribution is -2.08. The topological polar surface area (TPSA) is 89.9 Å². The molecule has 0 aliphatic carbocycles. The molecule has 0 fully saturated rings. The molecule has 134 valence electrons. The Morgan fingerprint density at radius 2 is 1.58 bits per heavy atom. The number of ether oxygens (including phenoxy) is 2. The van der Waals surface area contributed by atoms with Gasteiger partial charge in [0.2, 0.25) is 0 Å². The van der Waals surface area contributed by atoms with E-state index in [1.807, 2.05) is 30.3 Å². The van der Waals surface area contributed by atoms with Gasteiger partial charge in [-0.05, 0) is 32.3 Å². The minimum absolute atomic E-state index is 0.166. The lowest BCUT2D eigenvalue weighted by Gasteiger charge is -2.01. The van der Waals surface area contributed by atoms with Crippen molar-refractivity contribution in [2.24, 2.45) is 0 Å². The van der Waals surface area contributed by atoms with Crippen molar-refractivity contribution in [1.29, 1.82) is 0 Å². The second kappa shape index (κ2) is 14.4. The van der Waals surface area contributed by atoms with Crippen molar-refractivity contribution in [2.45, 2.75) is 46.1 Å². The first kappa shape index (κ1) is 21.8. The third-order valence-electron chi connectivity index (χ3n) is 2.84. The molecule has 0 heterocycles. The van der Waals surface area contributed by atoms with Crippen LogP contribution in [0.3, 0.4) is 0 Å². The zero-order valence-corrected chi connectivity index (χ0v) is 14.3. The van der Waals surface area contributed by atoms with Crippen molar-refractivity contribution in [3.63, 3.8) is 0 Å². The van der Waals surface area contributed by atoms with Gasteiger partial charge in [0.15, 0.2) is 0 Å². The average Bonchev–Trinajstić information content (AvgIpc) is 2.58. The minimum Gasteiger partial charge on any atom is -0.466 e. The number of aliphatic hydroxyl groups excluding tert-OH is 1. The van der Waals surface area contributed by atoms with Crippen molar-refractivity contribution in [3.05, 3.63) is 35.9 Å². The molecule has 0 bridgehead atoms. The van der Waals surface area contributed by atoms with E-state index in [0.29, 0.717) is 19.4 Å². The number of unbranched alkanes of at least 4 members (excludes halogenated alkanes) is 1. The van der Waals surface area contributed by atoms with Gasteiger partial charge in [0, 0.05) is 12.8 Å². The van der Waals surface area contributed by atoms with Crippen LogP contribution in [0, 0.1) is 0 Å². The van der Waals surface area contributed by atoms with Crippen molar-refractivity contribution in [3.8, 4) is 0 Å². The number of ketones is 1. The summed E-state index contributed by atoms with van der Waals surface area (Å²) in [6, 6.07) is 9.32. The Kier molecular flexibility index (Phi) is 13.1. The highest BCUT2D eigenvalue weighted by molar-refractivity contribution is 5.75. The molecule has 0 spiro atoms. The van der Waals surface area contributed by atoms with Crippen molar-refractivity contribution < 1.29 is 29.0 Å². The number of carbonyl (C=O) groups is 3. The van der Waals surface area contributed by atoms with Gasteiger partial charge in [-0.1, -0.05) is 30.3 Å². The zero-order chi connectivity index (χ0) is 18.2. The lowest BCUT2D eigenvalue weighted by molar-refractivity contribution is -0.148. The third-order valence-corrected chi connectivity index (χ3v) is 2.84. The van der Waals surface area contributed by atoms with Gasteiger partial charge < -0.3 is 19.4 Å². The van der Waals surface area contributed by atoms with E-state index in [4.69, 9.17) is 9.84 Å². The molecule has 0 atom stereocenters. The Bertz CT molecular complexity index is 484. The maximum atomic E-state index is 10.8. The molecule has 1 N–H and O–H groups in total. The summed E-state index contributed by atoms with van der Waals surface area (Å²) in [6.45, 7) is 3.44. The van der Waals surface area contributed by atoms with Crippen molar-refractivity contribution in [1.82, 2.24) is 0 Å². The van der Waals surface area contributed by atoms with Crippen LogP contribution in [0.2, 0.25) is 0 Å². The normalized spacial score (nSPS) is 9.46. The molecule has 6 nitrogen and oxygen atoms in total. The SMILES string of the molecule is CCOC(=O)CCCCC(C)=O.O=C(CO)OCc1ccccc1. The lowest BCUT2D eigenvalue weighted by atomic mass is 10.1. The summed E-state index contributed by atoms with van der Waals surface area (Å²) in [4.78, 5) is 31.8. The van der Waals surface area contributed by atoms with Crippen LogP contribution in [0.5, 0.6) is 0 Å². The van der Waals surface area contributed by atoms with Gasteiger partial charge >= 0.3 is 11.9 Å². The maximum Gasteiger partial charge on any atom is 0.332 e. The summed E-state index contributed by atoms with van der Waals surface area (Å²) in [5, 5.41) is 8.34. The number of carbonyl (C=O) groups excluding carboxylic acids is 3. The highest BCUT2D eigenvalue weighted by Crippen LogP contribution is 2.01. The summed E-state index contributed by atoms with van der Waals surface area (Å²) in [5.41, 5.74) is 0.916. The number of Topliss-reactive ketones (excluding diaryl/α,β-unsaturated/α-hetero) is 1. The highest BCUT2D eigenvalue weighted by Gasteiger charge is 2.01. The molecule has 1 rings (SSSR count). The number of rotatable bonds is 9. The first-order valence-corrected chi connectivity index (χ1v) is 7.95. The molecule has 0 amide bonds. The molecular formula is C18H26O6. The minimum atomic E-state index is -0.598. The Balaban J connectivity index is 0.000000441. The van der Waals surface area contributed by atoms with E-state index in [0.717, 1.165) is 18.4 Å². The molecule has 0 aromatic heterocycles. The van der Waals surface area contributed by atoms with Gasteiger partial charge in [-0.3, -0.25) is 4.79 Å². The number of benzene rings is 1. The fourth-order valence-electron chi connectivity index (χ4n) is 1.66. The van der Waals surface area contributed by atoms with Gasteiger partial charge in [-0.15, -0.1) is 0 Å². The first-order valence-electron chi connectivity index (χ1n) is 7.95. The van der Waals surface area contributed by atoms with E-state index in [1.54, 1.807) is 13.8 Å². The van der Waals surface area contributed by atoms with E-state index in [9.17, 15) is 14.4 Å². The molecule has 6 heteroatoms. The van der Waals surface area contributed by atoms with E-state index in [2.05, 4.69) is 4.74 Å². The largest absolute Gasteiger partial charge is 0.466 e. The molecule has 0 unspecified atom stereocenters. The molecule has 0 aliphatic rings. The molecule has 24 heavy (non-hydrogen) atoms. The first-order chi connectivity index (χ1) is 11.5. The van der Waals surface area contributed by atoms with Crippen LogP contribution in [0.15, 0.2) is 30.3 Å². The smallest absolute Gasteiger partial charge is 0.332 e. The van der Waals surface area contributed by atoms with Crippen LogP contribution in [0.4, 0.5) is 0 Å². The molecule has 1 aromatic carbocycles. The molecule has 0 saturated heterocycles. The molecular weight excluding hydrogens is 312 g/mol. The maximum absolute atomic E-state index is 10.8. The van der Waals surface area contributed by atoms with Crippen LogP contribution < -0.4 is 0 Å². The van der Waals surface area contributed by atoms with Crippen LogP contribution in [0.1, 0.15) is 45.1 Å². The van der Waals surface area contributed by atoms with Crippen LogP contribution in [-0.2, 0) is 30.5 Å². The van der Waals surface area contributed by atoms with Crippen LogP contribution in [-0.4, -0.2) is 36.0 Å². The highest BCUT2D eigenvalue weighted by atomic mass is 16.5. The van der Waals surface area contributed by atoms with Crippen LogP contribution in [0.25, 0.3) is 0 Å². The zero-order valence-electron chi connectivity index (χ0n) is 14.3. The average molecular weight is 338 g/mol. The second-order valence-corrected chi connectivity index (χ2v) is 5.02. The molecule has 0 aliphatic heterocycles. The standard InChI is InChI=1S/C9H10O3.C9H16O3/c10-6-9(11)12-7-8-4-2-1-3-5-8;1-3-12-9(11)7-5-4-6-8(2)10/h1-5,10H,6-7H2;3-7H2,1-2H3. The monoisotopic (exact) mass is 338 g/mol. The number of hydrogen-bond donors (Lipinski definition) is 1. The Hall–Kier alpha value is -2.21. The van der Waals surface area contributed by atoms with Crippen molar-refractivity contribution >= 4 is 17.7 Å². The third kappa shape index (κ3) is 13.5. The molecule has 0 saturated carbocycles. The van der Waals surface area contributed by atoms with E-state index in [-0.39, 0.29) is 18.4 Å². The van der Waals surface area contributed by atoms with E-state index >= 15 is 0 Å². The van der Waals surface area contributed by atoms with Gasteiger partial charge in [-0.2, -0.15) is 0 Å². The summed E-state index contributed by atoms with van der Waals surface area (Å²) < 4.78 is 9.41. The molecule has 1 aromatic rings. The van der Waals surface area contributed by atoms with E-state index in [1.165, 1.54) is 0 Å². The fourth-order valence-corrected chi connectivity index (χ4v) is 1.66. The number of esters is 2. The number of aliphatic hydroxyl groups is 1. The Morgan fingerprint density at radius 3 is 2.12 bits per heavy atom. The van der Waals surface area contributed by atoms with Crippen LogP contribution >= 0.6 is 0 Å². The Morgan fingerprint density at radius 1 is 0.958 bits per heavy atom. The van der Waals surface area contributed by atoms with Gasteiger partial charge in [0.1, 0.15) is 19.0 Å². The van der Waals surface area contributed by atoms with Gasteiger partial charge in [-0.25, -0.2) is 4.79 Å². The van der Waals surface area contributed by atoms with E-state index < -0.39 is 12.6 Å². The summed E-state index contributed by atoms with van der Waals surface area (Å²) in [5.74, 6) is -0.584. The number of hydrogen-bond acceptors (Lipinski definition) is 6. The predicted molar refractivity (Wildman–Crippen MR) is 89.1 cm³/mol. The summed E-state index contributed by atoms with van der Waals surface area (Å²) >= 11 is 0. The van der Waals surface area contributed by atoms with Gasteiger partial charge in [0.25, 0.3) is 0 Å². The predicted octanol–water partition coefficient (Wildman–Crippen LogP) is 2.42. The second-order valence-electron chi connectivity index (χ2n) is 5.02. The fraction of sp³-hybridized carbons (Fsp3) is 0.500. The molecule has 0 radical (unpaired) electrons. The van der Waals surface area contributed by atoms with Gasteiger partial charge in [0.05, 0.1) is 6.61 Å². The van der Waals surface area contributed by atoms with Crippen molar-refractivity contribution in [2.75, 3.05) is 13.2 Å². The Labute approximate surface area is 142 Å². The summed E-state index contributed by atoms with van der Waals surface area (Å²) in [6.07, 6.45) is 2.53. The quantitative estimate of drug-likeness (QED) is 0.549.